The molecule has 0 unspecified atom stereocenters. The number of Topliss-reactive ketones (excluding diaryl/α,β-unsaturated/α-hetero) is 1. The van der Waals surface area contributed by atoms with Gasteiger partial charge in [-0.05, 0) is 29.7 Å². The molecule has 0 bridgehead atoms. The van der Waals surface area contributed by atoms with Gasteiger partial charge in [0.1, 0.15) is 11.4 Å². The van der Waals surface area contributed by atoms with Crippen molar-refractivity contribution in [3.8, 4) is 11.1 Å². The van der Waals surface area contributed by atoms with Crippen molar-refractivity contribution < 1.29 is 4.79 Å². The fourth-order valence-electron chi connectivity index (χ4n) is 3.30. The predicted octanol–water partition coefficient (Wildman–Crippen LogP) is 3.23. The van der Waals surface area contributed by atoms with Crippen molar-refractivity contribution in [2.24, 2.45) is 5.73 Å². The number of anilines is 1. The van der Waals surface area contributed by atoms with Crippen LogP contribution >= 0.6 is 0 Å². The summed E-state index contributed by atoms with van der Waals surface area (Å²) < 4.78 is 1.97. The summed E-state index contributed by atoms with van der Waals surface area (Å²) in [4.78, 5) is 25.2. The lowest BCUT2D eigenvalue weighted by Gasteiger charge is -2.07. The van der Waals surface area contributed by atoms with Gasteiger partial charge in [0, 0.05) is 36.8 Å². The zero-order valence-electron chi connectivity index (χ0n) is 17.0. The van der Waals surface area contributed by atoms with Crippen molar-refractivity contribution in [1.29, 1.82) is 5.41 Å². The molecule has 4 rings (SSSR count). The third-order valence-corrected chi connectivity index (χ3v) is 4.83. The molecular weight excluding hydrogens is 390 g/mol. The number of imidazole rings is 1. The van der Waals surface area contributed by atoms with E-state index in [2.05, 4.69) is 20.3 Å². The molecule has 0 aliphatic heterocycles. The Kier molecular flexibility index (Phi) is 5.98. The summed E-state index contributed by atoms with van der Waals surface area (Å²) in [6, 6.07) is 13.8. The highest BCUT2D eigenvalue weighted by Crippen LogP contribution is 2.20. The molecule has 0 saturated heterocycles. The number of aryl methyl sites for hydroxylation is 1. The summed E-state index contributed by atoms with van der Waals surface area (Å²) in [6.07, 6.45) is 8.48. The number of nitrogens with one attached hydrogen (secondary N) is 2. The van der Waals surface area contributed by atoms with E-state index in [9.17, 15) is 4.79 Å². The van der Waals surface area contributed by atoms with Crippen LogP contribution < -0.4 is 11.1 Å². The molecule has 3 heterocycles. The molecule has 1 aromatic carbocycles. The van der Waals surface area contributed by atoms with Gasteiger partial charge in [0.15, 0.2) is 0 Å². The average molecular weight is 413 g/mol. The second-order valence-electron chi connectivity index (χ2n) is 7.29. The Morgan fingerprint density at radius 2 is 1.94 bits per heavy atom. The van der Waals surface area contributed by atoms with Gasteiger partial charge in [-0.15, -0.1) is 0 Å². The molecule has 8 nitrogen and oxygen atoms in total. The number of amidine groups is 1. The Morgan fingerprint density at radius 3 is 2.71 bits per heavy atom. The predicted molar refractivity (Wildman–Crippen MR) is 120 cm³/mol. The number of pyridine rings is 1. The topological polar surface area (TPSA) is 122 Å². The number of hydrogen-bond acceptors (Lipinski definition) is 6. The summed E-state index contributed by atoms with van der Waals surface area (Å²) >= 11 is 0. The normalized spacial score (nSPS) is 10.8. The zero-order chi connectivity index (χ0) is 21.6. The highest BCUT2D eigenvalue weighted by Gasteiger charge is 2.07. The summed E-state index contributed by atoms with van der Waals surface area (Å²) in [6.45, 7) is 0.533. The van der Waals surface area contributed by atoms with Crippen molar-refractivity contribution in [3.05, 3.63) is 78.5 Å². The number of ketones is 1. The summed E-state index contributed by atoms with van der Waals surface area (Å²) in [5.74, 6) is 0.417. The highest BCUT2D eigenvalue weighted by molar-refractivity contribution is 5.98. The Bertz CT molecular complexity index is 1180. The SMILES string of the molecule is N=C(N)CC(=O)CCc1cccc(-c2cnc(NCc3cn4ccccc4n3)nc2)c1. The molecule has 0 spiro atoms. The fourth-order valence-corrected chi connectivity index (χ4v) is 3.30. The maximum Gasteiger partial charge on any atom is 0.222 e. The van der Waals surface area contributed by atoms with Crippen molar-refractivity contribution in [2.45, 2.75) is 25.8 Å². The molecule has 0 fully saturated rings. The molecule has 0 aliphatic carbocycles. The van der Waals surface area contributed by atoms with E-state index >= 15 is 0 Å². The largest absolute Gasteiger partial charge is 0.387 e. The van der Waals surface area contributed by atoms with Crippen LogP contribution in [0.25, 0.3) is 16.8 Å². The third-order valence-electron chi connectivity index (χ3n) is 4.83. The van der Waals surface area contributed by atoms with Crippen LogP contribution in [-0.4, -0.2) is 31.0 Å². The Morgan fingerprint density at radius 1 is 1.10 bits per heavy atom. The molecule has 0 saturated carbocycles. The van der Waals surface area contributed by atoms with E-state index in [1.54, 1.807) is 12.4 Å². The second-order valence-corrected chi connectivity index (χ2v) is 7.29. The van der Waals surface area contributed by atoms with Gasteiger partial charge in [-0.1, -0.05) is 30.3 Å². The lowest BCUT2D eigenvalue weighted by atomic mass is 10.0. The van der Waals surface area contributed by atoms with Crippen molar-refractivity contribution >= 4 is 23.2 Å². The molecule has 0 atom stereocenters. The lowest BCUT2D eigenvalue weighted by molar-refractivity contribution is -0.117. The van der Waals surface area contributed by atoms with Crippen LogP contribution in [0.4, 0.5) is 5.95 Å². The number of benzene rings is 1. The minimum absolute atomic E-state index is 0.0109. The molecule has 31 heavy (non-hydrogen) atoms. The van der Waals surface area contributed by atoms with E-state index < -0.39 is 0 Å². The van der Waals surface area contributed by atoms with Crippen LogP contribution in [0.2, 0.25) is 0 Å². The van der Waals surface area contributed by atoms with Gasteiger partial charge in [-0.3, -0.25) is 10.2 Å². The van der Waals surface area contributed by atoms with Crippen LogP contribution in [0.15, 0.2) is 67.3 Å². The van der Waals surface area contributed by atoms with E-state index in [0.717, 1.165) is 28.0 Å². The van der Waals surface area contributed by atoms with E-state index in [0.29, 0.717) is 25.3 Å². The van der Waals surface area contributed by atoms with E-state index in [-0.39, 0.29) is 18.0 Å². The number of nitrogens with two attached hydrogens (primary N) is 1. The van der Waals surface area contributed by atoms with Crippen LogP contribution in [-0.2, 0) is 17.8 Å². The standard InChI is InChI=1S/C23H23N7O/c24-21(25)11-20(31)8-7-16-4-3-5-17(10-16)18-12-26-23(27-13-18)28-14-19-15-30-9-2-1-6-22(30)29-19/h1-6,9-10,12-13,15H,7-8,11,14H2,(H3,24,25)(H,26,27,28). The number of carbonyl (C=O) groups is 1. The van der Waals surface area contributed by atoms with Crippen molar-refractivity contribution in [1.82, 2.24) is 19.4 Å². The minimum Gasteiger partial charge on any atom is -0.387 e. The Balaban J connectivity index is 1.37. The van der Waals surface area contributed by atoms with E-state index in [1.165, 1.54) is 0 Å². The zero-order valence-corrected chi connectivity index (χ0v) is 17.0. The first-order valence-electron chi connectivity index (χ1n) is 9.99. The van der Waals surface area contributed by atoms with E-state index in [4.69, 9.17) is 11.1 Å². The maximum absolute atomic E-state index is 11.8. The van der Waals surface area contributed by atoms with Gasteiger partial charge < -0.3 is 15.5 Å². The van der Waals surface area contributed by atoms with Crippen molar-refractivity contribution in [3.63, 3.8) is 0 Å². The Hall–Kier alpha value is -4.07. The van der Waals surface area contributed by atoms with Crippen LogP contribution in [0.5, 0.6) is 0 Å². The molecule has 0 amide bonds. The van der Waals surface area contributed by atoms with Gasteiger partial charge in [0.05, 0.1) is 24.5 Å². The molecule has 4 aromatic rings. The van der Waals surface area contributed by atoms with Gasteiger partial charge in [0.25, 0.3) is 0 Å². The third kappa shape index (κ3) is 5.30. The quantitative estimate of drug-likeness (QED) is 0.286. The average Bonchev–Trinajstić information content (AvgIpc) is 3.19. The summed E-state index contributed by atoms with van der Waals surface area (Å²) in [5, 5.41) is 10.4. The maximum atomic E-state index is 11.8. The lowest BCUT2D eigenvalue weighted by Crippen LogP contribution is -2.15. The molecular formula is C23H23N7O. The van der Waals surface area contributed by atoms with Crippen molar-refractivity contribution in [2.75, 3.05) is 5.32 Å². The minimum atomic E-state index is -0.0919. The van der Waals surface area contributed by atoms with Crippen LogP contribution in [0.3, 0.4) is 0 Å². The highest BCUT2D eigenvalue weighted by atomic mass is 16.1. The first kappa shape index (κ1) is 20.2. The smallest absolute Gasteiger partial charge is 0.222 e. The molecule has 4 N–H and O–H groups in total. The first-order valence-corrected chi connectivity index (χ1v) is 9.99. The number of hydrogen-bond donors (Lipinski definition) is 3. The van der Waals surface area contributed by atoms with Gasteiger partial charge >= 0.3 is 0 Å². The van der Waals surface area contributed by atoms with Crippen LogP contribution in [0, 0.1) is 5.41 Å². The van der Waals surface area contributed by atoms with Gasteiger partial charge in [-0.2, -0.15) is 0 Å². The molecule has 3 aromatic heterocycles. The van der Waals surface area contributed by atoms with Gasteiger partial charge in [-0.25, -0.2) is 15.0 Å². The second kappa shape index (κ2) is 9.17. The number of nitrogens with zero attached hydrogens (tertiary/aromatic N) is 4. The number of carbonyl (C=O) groups excluding carboxylic acids is 1. The van der Waals surface area contributed by atoms with Gasteiger partial charge in [0.2, 0.25) is 5.95 Å². The molecule has 8 heteroatoms. The summed E-state index contributed by atoms with van der Waals surface area (Å²) in [5.41, 5.74) is 10.0. The van der Waals surface area contributed by atoms with E-state index in [1.807, 2.05) is 59.3 Å². The molecule has 0 aliphatic rings. The number of rotatable bonds is 9. The summed E-state index contributed by atoms with van der Waals surface area (Å²) in [7, 11) is 0. The monoisotopic (exact) mass is 413 g/mol. The fraction of sp³-hybridized carbons (Fsp3) is 0.174. The molecule has 156 valence electrons. The molecule has 0 radical (unpaired) electrons. The first-order chi connectivity index (χ1) is 15.1. The Labute approximate surface area is 179 Å². The number of aromatic nitrogens is 4. The number of fused-ring (bicyclic) bond motifs is 1. The van der Waals surface area contributed by atoms with Crippen LogP contribution in [0.1, 0.15) is 24.1 Å².